The van der Waals surface area contributed by atoms with Gasteiger partial charge in [0.15, 0.2) is 0 Å². The molecule has 102 valence electrons. The van der Waals surface area contributed by atoms with Crippen molar-refractivity contribution in [2.24, 2.45) is 0 Å². The number of benzene rings is 1. The van der Waals surface area contributed by atoms with Crippen LogP contribution in [-0.2, 0) is 4.79 Å². The van der Waals surface area contributed by atoms with E-state index in [4.69, 9.17) is 0 Å². The molecule has 0 saturated carbocycles. The molecule has 0 radical (unpaired) electrons. The summed E-state index contributed by atoms with van der Waals surface area (Å²) in [5, 5.41) is 3.36. The van der Waals surface area contributed by atoms with Gasteiger partial charge < -0.3 is 10.2 Å². The van der Waals surface area contributed by atoms with Crippen LogP contribution in [0.4, 0.5) is 5.69 Å². The van der Waals surface area contributed by atoms with E-state index in [0.29, 0.717) is 11.9 Å². The first-order valence-corrected chi connectivity index (χ1v) is 7.44. The number of amides is 1. The van der Waals surface area contributed by atoms with Gasteiger partial charge in [-0.2, -0.15) is 0 Å². The molecular formula is C16H22N2O. The summed E-state index contributed by atoms with van der Waals surface area (Å²) in [5.41, 5.74) is 2.30. The Hall–Kier alpha value is -1.51. The Morgan fingerprint density at radius 3 is 3.05 bits per heavy atom. The van der Waals surface area contributed by atoms with Crippen molar-refractivity contribution in [1.29, 1.82) is 0 Å². The van der Waals surface area contributed by atoms with Crippen molar-refractivity contribution in [2.75, 3.05) is 18.4 Å². The van der Waals surface area contributed by atoms with Gasteiger partial charge in [0.25, 0.3) is 0 Å². The standard InChI is InChI=1S/C16H22N2O/c1-2-12-7-5-6-10-18(12)16(19)14-11-17-15-9-4-3-8-13(14)15/h3-4,8-9,12,14,17H,2,5-7,10-11H2,1H3. The summed E-state index contributed by atoms with van der Waals surface area (Å²) in [5.74, 6) is 0.340. The molecule has 3 heteroatoms. The molecule has 1 saturated heterocycles. The van der Waals surface area contributed by atoms with E-state index in [0.717, 1.165) is 31.6 Å². The summed E-state index contributed by atoms with van der Waals surface area (Å²) in [7, 11) is 0. The fourth-order valence-electron chi connectivity index (χ4n) is 3.42. The number of likely N-dealkylation sites (tertiary alicyclic amines) is 1. The predicted molar refractivity (Wildman–Crippen MR) is 77.3 cm³/mol. The number of hydrogen-bond donors (Lipinski definition) is 1. The van der Waals surface area contributed by atoms with Gasteiger partial charge in [-0.15, -0.1) is 0 Å². The minimum atomic E-state index is 0.0170. The molecule has 2 aliphatic heterocycles. The van der Waals surface area contributed by atoms with Crippen LogP contribution in [0.25, 0.3) is 0 Å². The highest BCUT2D eigenvalue weighted by Gasteiger charge is 2.34. The van der Waals surface area contributed by atoms with Gasteiger partial charge in [-0.1, -0.05) is 25.1 Å². The monoisotopic (exact) mass is 258 g/mol. The molecule has 2 unspecified atom stereocenters. The summed E-state index contributed by atoms with van der Waals surface area (Å²) < 4.78 is 0. The fourth-order valence-corrected chi connectivity index (χ4v) is 3.42. The molecule has 0 spiro atoms. The summed E-state index contributed by atoms with van der Waals surface area (Å²) >= 11 is 0. The molecule has 1 N–H and O–H groups in total. The van der Waals surface area contributed by atoms with Gasteiger partial charge >= 0.3 is 0 Å². The van der Waals surface area contributed by atoms with Crippen molar-refractivity contribution in [3.63, 3.8) is 0 Å². The van der Waals surface area contributed by atoms with Crippen LogP contribution in [0.2, 0.25) is 0 Å². The van der Waals surface area contributed by atoms with Crippen molar-refractivity contribution in [3.8, 4) is 0 Å². The lowest BCUT2D eigenvalue weighted by Crippen LogP contribution is -2.45. The molecule has 2 heterocycles. The molecule has 1 fully saturated rings. The molecule has 3 rings (SSSR count). The Balaban J connectivity index is 1.81. The average Bonchev–Trinajstić information content (AvgIpc) is 2.90. The van der Waals surface area contributed by atoms with E-state index in [2.05, 4.69) is 29.3 Å². The highest BCUT2D eigenvalue weighted by Crippen LogP contribution is 2.34. The number of carbonyl (C=O) groups excluding carboxylic acids is 1. The maximum Gasteiger partial charge on any atom is 0.232 e. The van der Waals surface area contributed by atoms with Gasteiger partial charge in [-0.05, 0) is 37.3 Å². The third-order valence-electron chi connectivity index (χ3n) is 4.51. The average molecular weight is 258 g/mol. The zero-order chi connectivity index (χ0) is 13.2. The molecule has 1 aromatic rings. The van der Waals surface area contributed by atoms with Crippen LogP contribution in [0, 0.1) is 0 Å². The van der Waals surface area contributed by atoms with Crippen LogP contribution in [0.5, 0.6) is 0 Å². The molecule has 3 nitrogen and oxygen atoms in total. The number of anilines is 1. The smallest absolute Gasteiger partial charge is 0.232 e. The van der Waals surface area contributed by atoms with Crippen LogP contribution < -0.4 is 5.32 Å². The van der Waals surface area contributed by atoms with Gasteiger partial charge in [0.1, 0.15) is 0 Å². The van der Waals surface area contributed by atoms with Crippen LogP contribution in [0.1, 0.15) is 44.1 Å². The van der Waals surface area contributed by atoms with Crippen LogP contribution in [0.3, 0.4) is 0 Å². The second-order valence-electron chi connectivity index (χ2n) is 5.61. The number of para-hydroxylation sites is 1. The number of fused-ring (bicyclic) bond motifs is 1. The molecule has 2 atom stereocenters. The fraction of sp³-hybridized carbons (Fsp3) is 0.562. The van der Waals surface area contributed by atoms with Crippen molar-refractivity contribution >= 4 is 11.6 Å². The van der Waals surface area contributed by atoms with E-state index in [-0.39, 0.29) is 5.92 Å². The first kappa shape index (κ1) is 12.5. The quantitative estimate of drug-likeness (QED) is 0.884. The topological polar surface area (TPSA) is 32.3 Å². The largest absolute Gasteiger partial charge is 0.384 e. The van der Waals surface area contributed by atoms with Crippen molar-refractivity contribution in [2.45, 2.75) is 44.6 Å². The number of nitrogens with zero attached hydrogens (tertiary/aromatic N) is 1. The molecule has 19 heavy (non-hydrogen) atoms. The Morgan fingerprint density at radius 2 is 2.21 bits per heavy atom. The van der Waals surface area contributed by atoms with Gasteiger partial charge in [-0.3, -0.25) is 4.79 Å². The minimum Gasteiger partial charge on any atom is -0.384 e. The third-order valence-corrected chi connectivity index (χ3v) is 4.51. The summed E-state index contributed by atoms with van der Waals surface area (Å²) in [6.07, 6.45) is 4.67. The maximum atomic E-state index is 12.8. The predicted octanol–water partition coefficient (Wildman–Crippen LogP) is 2.99. The number of piperidine rings is 1. The maximum absolute atomic E-state index is 12.8. The van der Waals surface area contributed by atoms with Crippen LogP contribution in [-0.4, -0.2) is 29.9 Å². The Kier molecular flexibility index (Phi) is 3.45. The first-order valence-electron chi connectivity index (χ1n) is 7.44. The Morgan fingerprint density at radius 1 is 1.37 bits per heavy atom. The van der Waals surface area contributed by atoms with Gasteiger partial charge in [0.05, 0.1) is 5.92 Å². The van der Waals surface area contributed by atoms with E-state index in [1.54, 1.807) is 0 Å². The number of nitrogens with one attached hydrogen (secondary N) is 1. The normalized spacial score (nSPS) is 25.8. The van der Waals surface area contributed by atoms with Gasteiger partial charge in [-0.25, -0.2) is 0 Å². The molecule has 0 aliphatic carbocycles. The highest BCUT2D eigenvalue weighted by molar-refractivity contribution is 5.88. The van der Waals surface area contributed by atoms with Crippen molar-refractivity contribution in [1.82, 2.24) is 4.90 Å². The van der Waals surface area contributed by atoms with E-state index >= 15 is 0 Å². The van der Waals surface area contributed by atoms with E-state index < -0.39 is 0 Å². The molecule has 1 amide bonds. The minimum absolute atomic E-state index is 0.0170. The zero-order valence-corrected chi connectivity index (χ0v) is 11.6. The second-order valence-corrected chi connectivity index (χ2v) is 5.61. The lowest BCUT2D eigenvalue weighted by Gasteiger charge is -2.36. The lowest BCUT2D eigenvalue weighted by atomic mass is 9.94. The molecule has 2 aliphatic rings. The highest BCUT2D eigenvalue weighted by atomic mass is 16.2. The Bertz CT molecular complexity index is 472. The van der Waals surface area contributed by atoms with Crippen LogP contribution in [0.15, 0.2) is 24.3 Å². The molecule has 1 aromatic carbocycles. The molecule has 0 aromatic heterocycles. The Labute approximate surface area is 115 Å². The van der Waals surface area contributed by atoms with Gasteiger partial charge in [0, 0.05) is 24.8 Å². The summed E-state index contributed by atoms with van der Waals surface area (Å²) in [6, 6.07) is 8.65. The van der Waals surface area contributed by atoms with E-state index in [1.165, 1.54) is 18.4 Å². The third kappa shape index (κ3) is 2.22. The lowest BCUT2D eigenvalue weighted by molar-refractivity contribution is -0.136. The van der Waals surface area contributed by atoms with Gasteiger partial charge in [0.2, 0.25) is 5.91 Å². The number of rotatable bonds is 2. The van der Waals surface area contributed by atoms with Crippen molar-refractivity contribution < 1.29 is 4.79 Å². The summed E-state index contributed by atoms with van der Waals surface area (Å²) in [6.45, 7) is 3.89. The summed E-state index contributed by atoms with van der Waals surface area (Å²) in [4.78, 5) is 15.0. The SMILES string of the molecule is CCC1CCCCN1C(=O)C1CNc2ccccc21. The van der Waals surface area contributed by atoms with E-state index in [9.17, 15) is 4.79 Å². The first-order chi connectivity index (χ1) is 9.31. The van der Waals surface area contributed by atoms with E-state index in [1.807, 2.05) is 12.1 Å². The second kappa shape index (κ2) is 5.24. The van der Waals surface area contributed by atoms with Crippen LogP contribution >= 0.6 is 0 Å². The number of carbonyl (C=O) groups is 1. The molecular weight excluding hydrogens is 236 g/mol. The zero-order valence-electron chi connectivity index (χ0n) is 11.6. The number of hydrogen-bond acceptors (Lipinski definition) is 2. The van der Waals surface area contributed by atoms with Crippen molar-refractivity contribution in [3.05, 3.63) is 29.8 Å². The molecule has 0 bridgehead atoms.